The SMILES string of the molecule is CCC(=O)O[Si](CCCCc1c(F)cc(F)cc1F)(OC(=O)CC)OC(=O)CC. The number of benzene rings is 1. The van der Waals surface area contributed by atoms with Crippen LogP contribution in [0.1, 0.15) is 58.4 Å². The molecule has 0 aromatic heterocycles. The van der Waals surface area contributed by atoms with Crippen molar-refractivity contribution >= 4 is 26.7 Å². The summed E-state index contributed by atoms with van der Waals surface area (Å²) in [5.41, 5.74) is -0.277. The van der Waals surface area contributed by atoms with E-state index in [9.17, 15) is 27.6 Å². The van der Waals surface area contributed by atoms with Crippen LogP contribution in [0.25, 0.3) is 0 Å². The van der Waals surface area contributed by atoms with Crippen molar-refractivity contribution in [2.45, 2.75) is 65.3 Å². The zero-order valence-corrected chi connectivity index (χ0v) is 17.7. The predicted octanol–water partition coefficient (Wildman–Crippen LogP) is 4.23. The van der Waals surface area contributed by atoms with Gasteiger partial charge in [-0.3, -0.25) is 14.4 Å². The standard InChI is InChI=1S/C19H25F3O6Si/c1-4-17(23)26-29(27-18(24)5-2,28-19(25)6-3)10-8-7-9-14-15(21)11-13(20)12-16(14)22/h11-12H,4-10H2,1-3H3. The molecule has 0 aliphatic carbocycles. The first-order valence-corrected chi connectivity index (χ1v) is 11.4. The second-order valence-corrected chi connectivity index (χ2v) is 8.70. The summed E-state index contributed by atoms with van der Waals surface area (Å²) in [5, 5.41) is 0. The normalized spacial score (nSPS) is 11.1. The van der Waals surface area contributed by atoms with Crippen LogP contribution < -0.4 is 0 Å². The van der Waals surface area contributed by atoms with Crippen LogP contribution in [0.4, 0.5) is 13.2 Å². The van der Waals surface area contributed by atoms with Crippen molar-refractivity contribution in [2.75, 3.05) is 0 Å². The van der Waals surface area contributed by atoms with Crippen LogP contribution in [0, 0.1) is 17.5 Å². The van der Waals surface area contributed by atoms with Crippen molar-refractivity contribution in [1.29, 1.82) is 0 Å². The van der Waals surface area contributed by atoms with Gasteiger partial charge >= 0.3 is 8.80 Å². The summed E-state index contributed by atoms with van der Waals surface area (Å²) >= 11 is 0. The van der Waals surface area contributed by atoms with E-state index in [0.717, 1.165) is 0 Å². The molecule has 1 aromatic rings. The van der Waals surface area contributed by atoms with Gasteiger partial charge in [-0.2, -0.15) is 0 Å². The van der Waals surface area contributed by atoms with Gasteiger partial charge in [0.2, 0.25) is 0 Å². The van der Waals surface area contributed by atoms with E-state index in [-0.39, 0.29) is 50.1 Å². The van der Waals surface area contributed by atoms with Crippen LogP contribution in [0.5, 0.6) is 0 Å². The lowest BCUT2D eigenvalue weighted by Gasteiger charge is -2.27. The van der Waals surface area contributed by atoms with Gasteiger partial charge in [-0.05, 0) is 19.3 Å². The van der Waals surface area contributed by atoms with E-state index in [1.54, 1.807) is 0 Å². The number of halogens is 3. The van der Waals surface area contributed by atoms with Crippen molar-refractivity contribution in [2.24, 2.45) is 0 Å². The third-order valence-electron chi connectivity index (χ3n) is 3.94. The van der Waals surface area contributed by atoms with Crippen molar-refractivity contribution in [1.82, 2.24) is 0 Å². The molecule has 0 atom stereocenters. The molecular formula is C19H25F3O6Si. The van der Waals surface area contributed by atoms with Crippen LogP contribution in [-0.4, -0.2) is 26.7 Å². The summed E-state index contributed by atoms with van der Waals surface area (Å²) in [5.74, 6) is -5.10. The molecule has 0 aliphatic rings. The average molecular weight is 434 g/mol. The topological polar surface area (TPSA) is 78.9 Å². The summed E-state index contributed by atoms with van der Waals surface area (Å²) in [6, 6.07) is 1.10. The van der Waals surface area contributed by atoms with Gasteiger partial charge in [0.15, 0.2) is 0 Å². The molecular weight excluding hydrogens is 409 g/mol. The summed E-state index contributed by atoms with van der Waals surface area (Å²) in [7, 11) is -4.02. The lowest BCUT2D eigenvalue weighted by atomic mass is 10.1. The minimum absolute atomic E-state index is 0.0197. The van der Waals surface area contributed by atoms with Gasteiger partial charge in [-0.1, -0.05) is 20.8 Å². The Morgan fingerprint density at radius 2 is 1.21 bits per heavy atom. The number of hydrogen-bond acceptors (Lipinski definition) is 6. The lowest BCUT2D eigenvalue weighted by molar-refractivity contribution is -0.150. The summed E-state index contributed by atoms with van der Waals surface area (Å²) in [4.78, 5) is 35.5. The zero-order chi connectivity index (χ0) is 22.0. The van der Waals surface area contributed by atoms with Gasteiger partial charge in [0, 0.05) is 37.0 Å². The molecule has 0 spiro atoms. The Kier molecular flexibility index (Phi) is 9.86. The van der Waals surface area contributed by atoms with Gasteiger partial charge in [0.25, 0.3) is 17.9 Å². The Morgan fingerprint density at radius 1 is 0.793 bits per heavy atom. The Bertz CT molecular complexity index is 672. The fraction of sp³-hybridized carbons (Fsp3) is 0.526. The first-order valence-electron chi connectivity index (χ1n) is 9.45. The Labute approximate surface area is 168 Å². The molecule has 0 fully saturated rings. The first kappa shape index (κ1) is 24.7. The molecule has 0 heterocycles. The van der Waals surface area contributed by atoms with Gasteiger partial charge in [-0.15, -0.1) is 0 Å². The first-order chi connectivity index (χ1) is 13.7. The highest BCUT2D eigenvalue weighted by Gasteiger charge is 2.52. The molecule has 0 saturated carbocycles. The molecule has 1 rings (SSSR count). The van der Waals surface area contributed by atoms with Crippen molar-refractivity contribution in [3.05, 3.63) is 35.1 Å². The van der Waals surface area contributed by atoms with E-state index in [1.165, 1.54) is 20.8 Å². The number of carbonyl (C=O) groups excluding carboxylic acids is 3. The molecule has 0 unspecified atom stereocenters. The molecule has 0 N–H and O–H groups in total. The second-order valence-electron chi connectivity index (χ2n) is 6.22. The van der Waals surface area contributed by atoms with E-state index >= 15 is 0 Å². The predicted molar refractivity (Wildman–Crippen MR) is 99.0 cm³/mol. The highest BCUT2D eigenvalue weighted by molar-refractivity contribution is 6.65. The van der Waals surface area contributed by atoms with Crippen LogP contribution >= 0.6 is 0 Å². The van der Waals surface area contributed by atoms with E-state index in [4.69, 9.17) is 13.3 Å². The molecule has 162 valence electrons. The smallest absolute Gasteiger partial charge is 0.455 e. The highest BCUT2D eigenvalue weighted by Crippen LogP contribution is 2.24. The molecule has 0 amide bonds. The number of hydrogen-bond donors (Lipinski definition) is 0. The van der Waals surface area contributed by atoms with Crippen LogP contribution in [0.15, 0.2) is 12.1 Å². The average Bonchev–Trinajstić information content (AvgIpc) is 2.66. The quantitative estimate of drug-likeness (QED) is 0.383. The van der Waals surface area contributed by atoms with Gasteiger partial charge in [0.05, 0.1) is 6.04 Å². The monoisotopic (exact) mass is 434 g/mol. The maximum Gasteiger partial charge on any atom is 0.705 e. The van der Waals surface area contributed by atoms with E-state index < -0.39 is 44.2 Å². The van der Waals surface area contributed by atoms with E-state index in [2.05, 4.69) is 0 Å². The van der Waals surface area contributed by atoms with Crippen LogP contribution in [0.2, 0.25) is 6.04 Å². The number of unbranched alkanes of at least 4 members (excludes halogenated alkanes) is 1. The minimum atomic E-state index is -4.02. The van der Waals surface area contributed by atoms with Gasteiger partial charge in [-0.25, -0.2) is 13.2 Å². The second kappa shape index (κ2) is 11.6. The fourth-order valence-corrected chi connectivity index (χ4v) is 4.99. The maximum atomic E-state index is 13.7. The zero-order valence-electron chi connectivity index (χ0n) is 16.7. The van der Waals surface area contributed by atoms with Gasteiger partial charge in [0.1, 0.15) is 17.5 Å². The van der Waals surface area contributed by atoms with Gasteiger partial charge < -0.3 is 13.3 Å². The summed E-state index contributed by atoms with van der Waals surface area (Å²) in [6.45, 7) is 4.60. The Balaban J connectivity index is 2.93. The van der Waals surface area contributed by atoms with Crippen molar-refractivity contribution in [3.63, 3.8) is 0 Å². The molecule has 1 aromatic carbocycles. The number of rotatable bonds is 11. The largest absolute Gasteiger partial charge is 0.705 e. The Hall–Kier alpha value is -2.36. The Morgan fingerprint density at radius 3 is 1.59 bits per heavy atom. The fourth-order valence-electron chi connectivity index (χ4n) is 2.41. The van der Waals surface area contributed by atoms with E-state index in [1.807, 2.05) is 0 Å². The highest BCUT2D eigenvalue weighted by atomic mass is 28.4. The summed E-state index contributed by atoms with van der Waals surface area (Å²) < 4.78 is 56.3. The molecule has 10 heteroatoms. The molecule has 0 bridgehead atoms. The molecule has 0 aliphatic heterocycles. The summed E-state index contributed by atoms with van der Waals surface area (Å²) in [6.07, 6.45) is 0.266. The molecule has 29 heavy (non-hydrogen) atoms. The number of carbonyl (C=O) groups is 3. The van der Waals surface area contributed by atoms with E-state index in [0.29, 0.717) is 12.1 Å². The molecule has 0 saturated heterocycles. The van der Waals surface area contributed by atoms with Crippen molar-refractivity contribution in [3.8, 4) is 0 Å². The molecule has 0 radical (unpaired) electrons. The van der Waals surface area contributed by atoms with Crippen LogP contribution in [-0.2, 0) is 34.1 Å². The third kappa shape index (κ3) is 7.88. The maximum absolute atomic E-state index is 13.7. The minimum Gasteiger partial charge on any atom is -0.455 e. The van der Waals surface area contributed by atoms with Crippen molar-refractivity contribution < 1.29 is 40.8 Å². The lowest BCUT2D eigenvalue weighted by Crippen LogP contribution is -2.50. The third-order valence-corrected chi connectivity index (χ3v) is 6.52. The van der Waals surface area contributed by atoms with Crippen LogP contribution in [0.3, 0.4) is 0 Å². The molecule has 6 nitrogen and oxygen atoms in total.